The Morgan fingerprint density at radius 2 is 1.62 bits per heavy atom. The van der Waals surface area contributed by atoms with Crippen molar-refractivity contribution in [3.05, 3.63) is 23.8 Å². The molecule has 1 aromatic carbocycles. The SMILES string of the molecule is COc1ccc(CO[Si](C)(C)C)cc1OC. The molecule has 16 heavy (non-hydrogen) atoms. The van der Waals surface area contributed by atoms with Gasteiger partial charge in [-0.25, -0.2) is 0 Å². The number of benzene rings is 1. The van der Waals surface area contributed by atoms with Crippen LogP contribution in [0.2, 0.25) is 19.6 Å². The van der Waals surface area contributed by atoms with Gasteiger partial charge in [0.1, 0.15) is 0 Å². The van der Waals surface area contributed by atoms with Crippen LogP contribution in [-0.4, -0.2) is 22.5 Å². The Balaban J connectivity index is 2.75. The van der Waals surface area contributed by atoms with Gasteiger partial charge in [-0.05, 0) is 37.3 Å². The van der Waals surface area contributed by atoms with Crippen LogP contribution in [0.5, 0.6) is 11.5 Å². The van der Waals surface area contributed by atoms with Gasteiger partial charge in [0.05, 0.1) is 20.8 Å². The predicted octanol–water partition coefficient (Wildman–Crippen LogP) is 3.06. The van der Waals surface area contributed by atoms with Gasteiger partial charge in [0.25, 0.3) is 0 Å². The molecule has 0 radical (unpaired) electrons. The average molecular weight is 240 g/mol. The fourth-order valence-corrected chi connectivity index (χ4v) is 1.87. The molecule has 1 rings (SSSR count). The summed E-state index contributed by atoms with van der Waals surface area (Å²) >= 11 is 0. The number of hydrogen-bond acceptors (Lipinski definition) is 3. The first-order valence-electron chi connectivity index (χ1n) is 5.31. The molecule has 0 bridgehead atoms. The number of rotatable bonds is 5. The summed E-state index contributed by atoms with van der Waals surface area (Å²) in [5.41, 5.74) is 1.11. The van der Waals surface area contributed by atoms with Crippen LogP contribution in [0.4, 0.5) is 0 Å². The minimum absolute atomic E-state index is 0.635. The van der Waals surface area contributed by atoms with E-state index in [4.69, 9.17) is 13.9 Å². The van der Waals surface area contributed by atoms with Crippen LogP contribution in [0.3, 0.4) is 0 Å². The summed E-state index contributed by atoms with van der Waals surface area (Å²) in [5, 5.41) is 0. The second-order valence-corrected chi connectivity index (χ2v) is 9.10. The van der Waals surface area contributed by atoms with Crippen molar-refractivity contribution in [2.24, 2.45) is 0 Å². The molecule has 0 spiro atoms. The van der Waals surface area contributed by atoms with Crippen LogP contribution < -0.4 is 9.47 Å². The molecule has 0 aliphatic carbocycles. The Morgan fingerprint density at radius 1 is 1.00 bits per heavy atom. The van der Waals surface area contributed by atoms with E-state index in [0.717, 1.165) is 17.1 Å². The molecule has 0 atom stereocenters. The molecule has 0 aromatic heterocycles. The van der Waals surface area contributed by atoms with E-state index in [9.17, 15) is 0 Å². The topological polar surface area (TPSA) is 27.7 Å². The van der Waals surface area contributed by atoms with Crippen molar-refractivity contribution in [2.45, 2.75) is 26.2 Å². The zero-order valence-corrected chi connectivity index (χ0v) is 11.7. The number of hydrogen-bond donors (Lipinski definition) is 0. The number of ether oxygens (including phenoxy) is 2. The summed E-state index contributed by atoms with van der Waals surface area (Å²) < 4.78 is 16.2. The minimum atomic E-state index is -1.46. The maximum Gasteiger partial charge on any atom is 0.184 e. The maximum atomic E-state index is 5.83. The van der Waals surface area contributed by atoms with E-state index in [1.807, 2.05) is 18.2 Å². The Labute approximate surface area is 98.5 Å². The fraction of sp³-hybridized carbons (Fsp3) is 0.500. The zero-order valence-electron chi connectivity index (χ0n) is 10.7. The summed E-state index contributed by atoms with van der Waals surface area (Å²) in [6.07, 6.45) is 0. The van der Waals surface area contributed by atoms with Gasteiger partial charge in [-0.3, -0.25) is 0 Å². The summed E-state index contributed by atoms with van der Waals surface area (Å²) in [5.74, 6) is 1.50. The lowest BCUT2D eigenvalue weighted by Crippen LogP contribution is -2.24. The molecule has 0 unspecified atom stereocenters. The van der Waals surface area contributed by atoms with Crippen LogP contribution >= 0.6 is 0 Å². The average Bonchev–Trinajstić information content (AvgIpc) is 2.25. The molecule has 0 fully saturated rings. The first-order chi connectivity index (χ1) is 7.46. The zero-order chi connectivity index (χ0) is 12.2. The first kappa shape index (κ1) is 13.1. The van der Waals surface area contributed by atoms with Crippen LogP contribution in [0.25, 0.3) is 0 Å². The van der Waals surface area contributed by atoms with Crippen molar-refractivity contribution in [2.75, 3.05) is 14.2 Å². The lowest BCUT2D eigenvalue weighted by Gasteiger charge is -2.17. The molecule has 3 nitrogen and oxygen atoms in total. The third-order valence-electron chi connectivity index (χ3n) is 2.12. The van der Waals surface area contributed by atoms with Gasteiger partial charge in [0, 0.05) is 0 Å². The van der Waals surface area contributed by atoms with Crippen LogP contribution in [0, 0.1) is 0 Å². The van der Waals surface area contributed by atoms with Crippen molar-refractivity contribution >= 4 is 8.32 Å². The smallest absolute Gasteiger partial charge is 0.184 e. The van der Waals surface area contributed by atoms with Crippen LogP contribution in [0.1, 0.15) is 5.56 Å². The third kappa shape index (κ3) is 3.87. The monoisotopic (exact) mass is 240 g/mol. The molecule has 0 aliphatic rings. The highest BCUT2D eigenvalue weighted by Gasteiger charge is 2.14. The predicted molar refractivity (Wildman–Crippen MR) is 67.7 cm³/mol. The van der Waals surface area contributed by atoms with Gasteiger partial charge in [0.15, 0.2) is 19.8 Å². The van der Waals surface area contributed by atoms with Gasteiger partial charge >= 0.3 is 0 Å². The molecular formula is C12H20O3Si. The second-order valence-electron chi connectivity index (χ2n) is 4.59. The molecule has 0 saturated carbocycles. The number of methoxy groups -OCH3 is 2. The van der Waals surface area contributed by atoms with E-state index < -0.39 is 8.32 Å². The van der Waals surface area contributed by atoms with Crippen molar-refractivity contribution < 1.29 is 13.9 Å². The second kappa shape index (κ2) is 5.36. The van der Waals surface area contributed by atoms with E-state index >= 15 is 0 Å². The highest BCUT2D eigenvalue weighted by atomic mass is 28.4. The lowest BCUT2D eigenvalue weighted by atomic mass is 10.2. The van der Waals surface area contributed by atoms with Gasteiger partial charge in [-0.1, -0.05) is 6.07 Å². The minimum Gasteiger partial charge on any atom is -0.493 e. The molecule has 0 N–H and O–H groups in total. The Bertz CT molecular complexity index is 345. The molecule has 0 aliphatic heterocycles. The van der Waals surface area contributed by atoms with Gasteiger partial charge in [0.2, 0.25) is 0 Å². The molecule has 0 heterocycles. The fourth-order valence-electron chi connectivity index (χ4n) is 1.27. The van der Waals surface area contributed by atoms with E-state index in [1.54, 1.807) is 14.2 Å². The Hall–Kier alpha value is -1.00. The van der Waals surface area contributed by atoms with Gasteiger partial charge < -0.3 is 13.9 Å². The van der Waals surface area contributed by atoms with E-state index in [2.05, 4.69) is 19.6 Å². The summed E-state index contributed by atoms with van der Waals surface area (Å²) in [6.45, 7) is 7.16. The summed E-state index contributed by atoms with van der Waals surface area (Å²) in [6, 6.07) is 5.86. The van der Waals surface area contributed by atoms with Gasteiger partial charge in [-0.2, -0.15) is 0 Å². The van der Waals surface area contributed by atoms with Crippen LogP contribution in [-0.2, 0) is 11.0 Å². The molecule has 4 heteroatoms. The lowest BCUT2D eigenvalue weighted by molar-refractivity contribution is 0.297. The molecule has 1 aromatic rings. The highest BCUT2D eigenvalue weighted by molar-refractivity contribution is 6.69. The largest absolute Gasteiger partial charge is 0.493 e. The van der Waals surface area contributed by atoms with Crippen molar-refractivity contribution in [1.29, 1.82) is 0 Å². The molecule has 90 valence electrons. The normalized spacial score (nSPS) is 11.3. The third-order valence-corrected chi connectivity index (χ3v) is 3.13. The summed E-state index contributed by atoms with van der Waals surface area (Å²) in [7, 11) is 1.81. The Morgan fingerprint density at radius 3 is 2.12 bits per heavy atom. The van der Waals surface area contributed by atoms with Gasteiger partial charge in [-0.15, -0.1) is 0 Å². The van der Waals surface area contributed by atoms with E-state index in [0.29, 0.717) is 6.61 Å². The first-order valence-corrected chi connectivity index (χ1v) is 8.72. The standard InChI is InChI=1S/C12H20O3Si/c1-13-11-7-6-10(8-12(11)14-2)9-15-16(3,4)5/h6-8H,9H2,1-5H3. The van der Waals surface area contributed by atoms with E-state index in [1.165, 1.54) is 0 Å². The molecular weight excluding hydrogens is 220 g/mol. The molecule has 0 amide bonds. The van der Waals surface area contributed by atoms with Crippen molar-refractivity contribution in [1.82, 2.24) is 0 Å². The highest BCUT2D eigenvalue weighted by Crippen LogP contribution is 2.28. The summed E-state index contributed by atoms with van der Waals surface area (Å²) in [4.78, 5) is 0. The Kier molecular flexibility index (Phi) is 4.38. The van der Waals surface area contributed by atoms with Crippen LogP contribution in [0.15, 0.2) is 18.2 Å². The van der Waals surface area contributed by atoms with Crippen molar-refractivity contribution in [3.63, 3.8) is 0 Å². The quantitative estimate of drug-likeness (QED) is 0.740. The molecule has 0 saturated heterocycles. The maximum absolute atomic E-state index is 5.83. The van der Waals surface area contributed by atoms with Crippen molar-refractivity contribution in [3.8, 4) is 11.5 Å². The van der Waals surface area contributed by atoms with E-state index in [-0.39, 0.29) is 0 Å².